The van der Waals surface area contributed by atoms with Crippen molar-refractivity contribution < 1.29 is 62.1 Å². The molecular formula is C40H45N5O13. The number of nitrogens with one attached hydrogen (secondary N) is 2. The summed E-state index contributed by atoms with van der Waals surface area (Å²) in [5.41, 5.74) is 1.78. The van der Waals surface area contributed by atoms with Crippen molar-refractivity contribution >= 4 is 47.3 Å². The number of aliphatic hydroxyl groups excluding tert-OH is 1. The monoisotopic (exact) mass is 803 g/mol. The molecule has 308 valence electrons. The molecule has 18 heteroatoms. The van der Waals surface area contributed by atoms with E-state index in [0.29, 0.717) is 34.1 Å². The number of carbonyl (C=O) groups excluding carboxylic acids is 6. The van der Waals surface area contributed by atoms with Gasteiger partial charge >= 0.3 is 29.8 Å². The SMILES string of the molecule is CC(=O)OC[C@@H](OC(C)=O)[C@@H](OC(C)=O)[C@H](OC(C)=O)[C@@H](OC(C)=O)C(=O)Nc1ccccc1C(Nc1ccccn1)C(c1ccccn1)C(O)c1c(C)noc1C. The van der Waals surface area contributed by atoms with Crippen molar-refractivity contribution in [1.29, 1.82) is 0 Å². The smallest absolute Gasteiger partial charge is 0.303 e. The number of anilines is 2. The van der Waals surface area contributed by atoms with Crippen molar-refractivity contribution in [2.75, 3.05) is 17.2 Å². The maximum Gasteiger partial charge on any atom is 0.303 e. The number of benzene rings is 1. The van der Waals surface area contributed by atoms with Crippen LogP contribution in [-0.2, 0) is 52.5 Å². The number of aromatic nitrogens is 3. The number of para-hydroxylation sites is 1. The highest BCUT2D eigenvalue weighted by atomic mass is 16.6. The summed E-state index contributed by atoms with van der Waals surface area (Å²) in [4.78, 5) is 85.2. The first kappa shape index (κ1) is 44.0. The van der Waals surface area contributed by atoms with Crippen LogP contribution in [0.3, 0.4) is 0 Å². The lowest BCUT2D eigenvalue weighted by Crippen LogP contribution is -2.56. The van der Waals surface area contributed by atoms with Gasteiger partial charge in [-0.2, -0.15) is 0 Å². The summed E-state index contributed by atoms with van der Waals surface area (Å²) in [6, 6.07) is 16.0. The Morgan fingerprint density at radius 3 is 1.88 bits per heavy atom. The number of carbonyl (C=O) groups is 6. The van der Waals surface area contributed by atoms with E-state index in [1.54, 1.807) is 80.8 Å². The van der Waals surface area contributed by atoms with Crippen LogP contribution in [0.2, 0.25) is 0 Å². The molecule has 0 radical (unpaired) electrons. The molecule has 0 saturated carbocycles. The molecule has 1 amide bonds. The lowest BCUT2D eigenvalue weighted by molar-refractivity contribution is -0.202. The summed E-state index contributed by atoms with van der Waals surface area (Å²) in [5, 5.41) is 22.4. The Kier molecular flexibility index (Phi) is 15.5. The van der Waals surface area contributed by atoms with Gasteiger partial charge in [0.2, 0.25) is 6.10 Å². The van der Waals surface area contributed by atoms with Gasteiger partial charge in [-0.15, -0.1) is 0 Å². The number of hydrogen-bond acceptors (Lipinski definition) is 17. The zero-order valence-electron chi connectivity index (χ0n) is 32.9. The second-order valence-corrected chi connectivity index (χ2v) is 13.0. The summed E-state index contributed by atoms with van der Waals surface area (Å²) in [5.74, 6) is -5.95. The van der Waals surface area contributed by atoms with Gasteiger partial charge in [0, 0.05) is 64.0 Å². The Balaban J connectivity index is 1.89. The Bertz CT molecular complexity index is 2040. The molecule has 0 bridgehead atoms. The van der Waals surface area contributed by atoms with E-state index in [2.05, 4.69) is 25.8 Å². The fourth-order valence-corrected chi connectivity index (χ4v) is 6.33. The molecule has 0 saturated heterocycles. The number of amides is 1. The molecule has 4 aromatic rings. The van der Waals surface area contributed by atoms with E-state index in [0.717, 1.165) is 34.6 Å². The van der Waals surface area contributed by atoms with Crippen molar-refractivity contribution in [1.82, 2.24) is 15.1 Å². The minimum Gasteiger partial charge on any atom is -0.462 e. The van der Waals surface area contributed by atoms with Crippen LogP contribution in [0, 0.1) is 13.8 Å². The van der Waals surface area contributed by atoms with Gasteiger partial charge in [0.1, 0.15) is 18.2 Å². The summed E-state index contributed by atoms with van der Waals surface area (Å²) >= 11 is 0. The molecular weight excluding hydrogens is 758 g/mol. The number of aryl methyl sites for hydroxylation is 2. The van der Waals surface area contributed by atoms with Crippen molar-refractivity contribution in [2.24, 2.45) is 0 Å². The van der Waals surface area contributed by atoms with Gasteiger partial charge in [0.05, 0.1) is 23.8 Å². The Hall–Kier alpha value is -6.69. The first-order valence-electron chi connectivity index (χ1n) is 18.0. The van der Waals surface area contributed by atoms with Crippen molar-refractivity contribution in [2.45, 2.75) is 90.9 Å². The zero-order chi connectivity index (χ0) is 42.5. The highest BCUT2D eigenvalue weighted by Crippen LogP contribution is 2.45. The highest BCUT2D eigenvalue weighted by Gasteiger charge is 2.47. The number of ether oxygens (including phenoxy) is 5. The average molecular weight is 804 g/mol. The second-order valence-electron chi connectivity index (χ2n) is 13.0. The summed E-state index contributed by atoms with van der Waals surface area (Å²) in [6.07, 6.45) is -5.71. The number of rotatable bonds is 18. The van der Waals surface area contributed by atoms with Gasteiger partial charge < -0.3 is 43.9 Å². The van der Waals surface area contributed by atoms with E-state index < -0.39 is 84.8 Å². The van der Waals surface area contributed by atoms with E-state index >= 15 is 0 Å². The van der Waals surface area contributed by atoms with Crippen LogP contribution in [0.25, 0.3) is 0 Å². The molecule has 0 aliphatic heterocycles. The molecule has 0 aliphatic rings. The van der Waals surface area contributed by atoms with Crippen LogP contribution >= 0.6 is 0 Å². The minimum absolute atomic E-state index is 0.118. The van der Waals surface area contributed by atoms with Gasteiger partial charge in [0.25, 0.3) is 5.91 Å². The quantitative estimate of drug-likeness (QED) is 0.0951. The minimum atomic E-state index is -2.07. The lowest BCUT2D eigenvalue weighted by atomic mass is 9.81. The lowest BCUT2D eigenvalue weighted by Gasteiger charge is -2.35. The van der Waals surface area contributed by atoms with E-state index in [-0.39, 0.29) is 5.69 Å². The normalized spacial score (nSPS) is 14.6. The first-order valence-corrected chi connectivity index (χ1v) is 18.0. The average Bonchev–Trinajstić information content (AvgIpc) is 3.51. The molecule has 3 heterocycles. The fraction of sp³-hybridized carbons (Fsp3) is 0.375. The Labute approximate surface area is 333 Å². The second kappa shape index (κ2) is 20.5. The molecule has 0 spiro atoms. The molecule has 0 fully saturated rings. The fourth-order valence-electron chi connectivity index (χ4n) is 6.33. The third-order valence-corrected chi connectivity index (χ3v) is 8.55. The molecule has 58 heavy (non-hydrogen) atoms. The van der Waals surface area contributed by atoms with Crippen LogP contribution in [0.4, 0.5) is 11.5 Å². The molecule has 3 unspecified atom stereocenters. The van der Waals surface area contributed by atoms with Gasteiger partial charge in [-0.25, -0.2) is 4.98 Å². The summed E-state index contributed by atoms with van der Waals surface area (Å²) < 4.78 is 32.2. The van der Waals surface area contributed by atoms with Crippen molar-refractivity contribution in [3.05, 3.63) is 101 Å². The van der Waals surface area contributed by atoms with Gasteiger partial charge in [-0.05, 0) is 49.7 Å². The number of aliphatic hydroxyl groups is 1. The number of nitrogens with zero attached hydrogens (tertiary/aromatic N) is 3. The molecule has 4 rings (SSSR count). The number of hydrogen-bond donors (Lipinski definition) is 3. The van der Waals surface area contributed by atoms with Crippen LogP contribution < -0.4 is 10.6 Å². The van der Waals surface area contributed by atoms with Crippen LogP contribution in [0.1, 0.15) is 81.0 Å². The van der Waals surface area contributed by atoms with E-state index in [4.69, 9.17) is 28.2 Å². The van der Waals surface area contributed by atoms with E-state index in [1.165, 1.54) is 6.07 Å². The zero-order valence-corrected chi connectivity index (χ0v) is 32.9. The Morgan fingerprint density at radius 2 is 1.33 bits per heavy atom. The standard InChI is InChI=1S/C40H45N5O13/c1-21-33(22(2)58-45-21)36(51)34(30-16-10-12-18-41-30)35(44-32-17-11-13-19-42-32)28-14-8-9-15-29(28)43-40(52)39(57-27(7)50)38(56-26(6)49)37(55-25(5)48)31(54-24(4)47)20-53-23(3)46/h8-19,31,34-39,51H,20H2,1-7H3,(H,42,44)(H,43,52)/t31-,34?,35?,36?,37-,38+,39-/m1/s1. The summed E-state index contributed by atoms with van der Waals surface area (Å²) in [7, 11) is 0. The van der Waals surface area contributed by atoms with Crippen LogP contribution in [0.5, 0.6) is 0 Å². The predicted octanol–water partition coefficient (Wildman–Crippen LogP) is 3.98. The number of esters is 5. The van der Waals surface area contributed by atoms with Crippen molar-refractivity contribution in [3.8, 4) is 0 Å². The third-order valence-electron chi connectivity index (χ3n) is 8.55. The van der Waals surface area contributed by atoms with E-state index in [9.17, 15) is 33.9 Å². The maximum atomic E-state index is 14.5. The van der Waals surface area contributed by atoms with Crippen molar-refractivity contribution in [3.63, 3.8) is 0 Å². The highest BCUT2D eigenvalue weighted by molar-refractivity contribution is 5.97. The molecule has 0 aliphatic carbocycles. The predicted molar refractivity (Wildman–Crippen MR) is 202 cm³/mol. The maximum absolute atomic E-state index is 14.5. The van der Waals surface area contributed by atoms with E-state index in [1.807, 2.05) is 0 Å². The molecule has 18 nitrogen and oxygen atoms in total. The number of pyridine rings is 2. The largest absolute Gasteiger partial charge is 0.462 e. The third kappa shape index (κ3) is 11.9. The molecule has 1 aromatic carbocycles. The molecule has 7 atom stereocenters. The van der Waals surface area contributed by atoms with Gasteiger partial charge in [0.15, 0.2) is 18.3 Å². The van der Waals surface area contributed by atoms with Gasteiger partial charge in [-0.1, -0.05) is 35.5 Å². The Morgan fingerprint density at radius 1 is 0.724 bits per heavy atom. The molecule has 3 aromatic heterocycles. The van der Waals surface area contributed by atoms with Gasteiger partial charge in [-0.3, -0.25) is 33.8 Å². The van der Waals surface area contributed by atoms with Crippen LogP contribution in [-0.4, -0.2) is 87.0 Å². The first-order chi connectivity index (χ1) is 27.6. The topological polar surface area (TPSA) is 245 Å². The van der Waals surface area contributed by atoms with Crippen LogP contribution in [0.15, 0.2) is 77.6 Å². The molecule has 3 N–H and O–H groups in total. The summed E-state index contributed by atoms with van der Waals surface area (Å²) in [6.45, 7) is 7.72.